The highest BCUT2D eigenvalue weighted by molar-refractivity contribution is 5.58. The van der Waals surface area contributed by atoms with Crippen molar-refractivity contribution in [1.29, 1.82) is 0 Å². The maximum atomic E-state index is 5.55. The molecule has 2 heterocycles. The SMILES string of the molecule is COc1ccccc1N1CCN(CC(C)(C)CN2CCOCC2)C(C)C1. The van der Waals surface area contributed by atoms with Crippen LogP contribution in [0.25, 0.3) is 0 Å². The molecule has 146 valence electrons. The van der Waals surface area contributed by atoms with Crippen LogP contribution in [0.1, 0.15) is 20.8 Å². The van der Waals surface area contributed by atoms with Crippen molar-refractivity contribution in [3.63, 3.8) is 0 Å². The predicted molar refractivity (Wildman–Crippen MR) is 107 cm³/mol. The molecule has 1 unspecified atom stereocenters. The van der Waals surface area contributed by atoms with Crippen LogP contribution < -0.4 is 9.64 Å². The highest BCUT2D eigenvalue weighted by Gasteiger charge is 2.31. The molecule has 0 aliphatic carbocycles. The molecule has 2 aliphatic heterocycles. The fraction of sp³-hybridized carbons (Fsp3) is 0.714. The minimum atomic E-state index is 0.290. The number of hydrogen-bond acceptors (Lipinski definition) is 5. The van der Waals surface area contributed by atoms with Crippen molar-refractivity contribution in [3.05, 3.63) is 24.3 Å². The number of benzene rings is 1. The van der Waals surface area contributed by atoms with Gasteiger partial charge in [0.25, 0.3) is 0 Å². The van der Waals surface area contributed by atoms with E-state index in [2.05, 4.69) is 53.7 Å². The topological polar surface area (TPSA) is 28.2 Å². The van der Waals surface area contributed by atoms with Crippen molar-refractivity contribution in [3.8, 4) is 5.75 Å². The van der Waals surface area contributed by atoms with E-state index >= 15 is 0 Å². The summed E-state index contributed by atoms with van der Waals surface area (Å²) in [4.78, 5) is 7.68. The van der Waals surface area contributed by atoms with Crippen LogP contribution in [0.5, 0.6) is 5.75 Å². The number of ether oxygens (including phenoxy) is 2. The second-order valence-corrected chi connectivity index (χ2v) is 8.49. The number of para-hydroxylation sites is 2. The van der Waals surface area contributed by atoms with Gasteiger partial charge in [0.15, 0.2) is 0 Å². The first-order chi connectivity index (χ1) is 12.5. The lowest BCUT2D eigenvalue weighted by molar-refractivity contribution is 0.0115. The standard InChI is InChI=1S/C21H35N3O2/c1-18-15-23(19-7-5-6-8-20(19)25-4)9-10-24(18)17-21(2,3)16-22-11-13-26-14-12-22/h5-8,18H,9-17H2,1-4H3. The van der Waals surface area contributed by atoms with Crippen molar-refractivity contribution in [2.24, 2.45) is 5.41 Å². The predicted octanol–water partition coefficient (Wildman–Crippen LogP) is 2.56. The third-order valence-corrected chi connectivity index (χ3v) is 5.58. The van der Waals surface area contributed by atoms with Crippen LogP contribution in [0.15, 0.2) is 24.3 Å². The van der Waals surface area contributed by atoms with E-state index in [9.17, 15) is 0 Å². The number of morpholine rings is 1. The van der Waals surface area contributed by atoms with Crippen molar-refractivity contribution >= 4 is 5.69 Å². The summed E-state index contributed by atoms with van der Waals surface area (Å²) in [5, 5.41) is 0. The number of rotatable bonds is 6. The zero-order chi connectivity index (χ0) is 18.6. The number of piperazine rings is 1. The van der Waals surface area contributed by atoms with E-state index in [0.717, 1.165) is 64.8 Å². The Bertz CT molecular complexity index is 572. The van der Waals surface area contributed by atoms with Gasteiger partial charge in [-0.05, 0) is 24.5 Å². The number of nitrogens with zero attached hydrogens (tertiary/aromatic N) is 3. The van der Waals surface area contributed by atoms with Gasteiger partial charge in [-0.2, -0.15) is 0 Å². The summed E-state index contributed by atoms with van der Waals surface area (Å²) < 4.78 is 11.0. The number of hydrogen-bond donors (Lipinski definition) is 0. The van der Waals surface area contributed by atoms with Gasteiger partial charge in [-0.25, -0.2) is 0 Å². The first-order valence-electron chi connectivity index (χ1n) is 9.91. The largest absolute Gasteiger partial charge is 0.495 e. The monoisotopic (exact) mass is 361 g/mol. The Morgan fingerprint density at radius 2 is 1.81 bits per heavy atom. The average Bonchev–Trinajstić information content (AvgIpc) is 2.63. The van der Waals surface area contributed by atoms with E-state index in [1.807, 2.05) is 6.07 Å². The first kappa shape index (κ1) is 19.5. The van der Waals surface area contributed by atoms with Crippen LogP contribution in [-0.4, -0.2) is 82.0 Å². The molecule has 0 bridgehead atoms. The highest BCUT2D eigenvalue weighted by Crippen LogP contribution is 2.30. The molecule has 0 spiro atoms. The zero-order valence-corrected chi connectivity index (χ0v) is 16.9. The summed E-state index contributed by atoms with van der Waals surface area (Å²) in [5.41, 5.74) is 1.51. The van der Waals surface area contributed by atoms with Gasteiger partial charge in [-0.15, -0.1) is 0 Å². The van der Waals surface area contributed by atoms with Crippen LogP contribution in [0.4, 0.5) is 5.69 Å². The van der Waals surface area contributed by atoms with Crippen LogP contribution in [0, 0.1) is 5.41 Å². The fourth-order valence-electron chi connectivity index (χ4n) is 4.30. The third kappa shape index (κ3) is 4.90. The van der Waals surface area contributed by atoms with Crippen LogP contribution in [0.2, 0.25) is 0 Å². The molecule has 5 nitrogen and oxygen atoms in total. The molecule has 2 saturated heterocycles. The smallest absolute Gasteiger partial charge is 0.142 e. The van der Waals surface area contributed by atoms with Gasteiger partial charge >= 0.3 is 0 Å². The third-order valence-electron chi connectivity index (χ3n) is 5.58. The molecule has 0 saturated carbocycles. The maximum absolute atomic E-state index is 5.55. The lowest BCUT2D eigenvalue weighted by Gasteiger charge is -2.45. The van der Waals surface area contributed by atoms with Gasteiger partial charge in [-0.1, -0.05) is 26.0 Å². The minimum absolute atomic E-state index is 0.290. The van der Waals surface area contributed by atoms with E-state index in [4.69, 9.17) is 9.47 Å². The van der Waals surface area contributed by atoms with E-state index < -0.39 is 0 Å². The summed E-state index contributed by atoms with van der Waals surface area (Å²) in [7, 11) is 1.76. The molecular formula is C21H35N3O2. The molecule has 1 atom stereocenters. The first-order valence-corrected chi connectivity index (χ1v) is 9.91. The fourth-order valence-corrected chi connectivity index (χ4v) is 4.30. The second kappa shape index (κ2) is 8.59. The average molecular weight is 362 g/mol. The summed E-state index contributed by atoms with van der Waals surface area (Å²) in [6.07, 6.45) is 0. The molecule has 0 aromatic heterocycles. The Morgan fingerprint density at radius 3 is 2.50 bits per heavy atom. The van der Waals surface area contributed by atoms with Crippen LogP contribution in [-0.2, 0) is 4.74 Å². The second-order valence-electron chi connectivity index (χ2n) is 8.49. The Morgan fingerprint density at radius 1 is 1.08 bits per heavy atom. The lowest BCUT2D eigenvalue weighted by atomic mass is 9.90. The molecule has 2 fully saturated rings. The van der Waals surface area contributed by atoms with Gasteiger partial charge < -0.3 is 14.4 Å². The normalized spacial score (nSPS) is 23.2. The van der Waals surface area contributed by atoms with Crippen molar-refractivity contribution in [1.82, 2.24) is 9.80 Å². The Kier molecular flexibility index (Phi) is 6.43. The van der Waals surface area contributed by atoms with Gasteiger partial charge in [0, 0.05) is 51.9 Å². The Labute approximate surface area is 158 Å². The van der Waals surface area contributed by atoms with E-state index in [1.54, 1.807) is 7.11 Å². The van der Waals surface area contributed by atoms with Crippen molar-refractivity contribution in [2.75, 3.05) is 71.0 Å². The number of methoxy groups -OCH3 is 1. The molecule has 0 radical (unpaired) electrons. The molecule has 2 aliphatic rings. The Balaban J connectivity index is 1.56. The zero-order valence-electron chi connectivity index (χ0n) is 16.9. The van der Waals surface area contributed by atoms with E-state index in [-0.39, 0.29) is 5.41 Å². The van der Waals surface area contributed by atoms with Gasteiger partial charge in [-0.3, -0.25) is 9.80 Å². The summed E-state index contributed by atoms with van der Waals surface area (Å²) in [5.74, 6) is 0.973. The molecule has 3 rings (SSSR count). The molecule has 1 aromatic rings. The van der Waals surface area contributed by atoms with Crippen LogP contribution in [0.3, 0.4) is 0 Å². The lowest BCUT2D eigenvalue weighted by Crippen LogP contribution is -2.55. The minimum Gasteiger partial charge on any atom is -0.495 e. The van der Waals surface area contributed by atoms with Crippen molar-refractivity contribution < 1.29 is 9.47 Å². The van der Waals surface area contributed by atoms with Gasteiger partial charge in [0.1, 0.15) is 5.75 Å². The quantitative estimate of drug-likeness (QED) is 0.777. The van der Waals surface area contributed by atoms with Crippen molar-refractivity contribution in [2.45, 2.75) is 26.8 Å². The molecule has 0 amide bonds. The van der Waals surface area contributed by atoms with Gasteiger partial charge in [0.05, 0.1) is 26.0 Å². The Hall–Kier alpha value is -1.30. The summed E-state index contributed by atoms with van der Waals surface area (Å²) >= 11 is 0. The highest BCUT2D eigenvalue weighted by atomic mass is 16.5. The molecule has 5 heteroatoms. The molecule has 0 N–H and O–H groups in total. The summed E-state index contributed by atoms with van der Waals surface area (Å²) in [6, 6.07) is 8.90. The van der Waals surface area contributed by atoms with Gasteiger partial charge in [0.2, 0.25) is 0 Å². The van der Waals surface area contributed by atoms with Crippen LogP contribution >= 0.6 is 0 Å². The maximum Gasteiger partial charge on any atom is 0.142 e. The summed E-state index contributed by atoms with van der Waals surface area (Å²) in [6.45, 7) is 16.6. The molecule has 26 heavy (non-hydrogen) atoms. The number of anilines is 1. The molecular weight excluding hydrogens is 326 g/mol. The van der Waals surface area contributed by atoms with E-state index in [0.29, 0.717) is 6.04 Å². The van der Waals surface area contributed by atoms with E-state index in [1.165, 1.54) is 5.69 Å². The molecule has 1 aromatic carbocycles.